The molecule has 0 N–H and O–H groups in total. The van der Waals surface area contributed by atoms with E-state index in [1.54, 1.807) is 15.6 Å². The highest BCUT2D eigenvalue weighted by Crippen LogP contribution is 2.26. The lowest BCUT2D eigenvalue weighted by Gasteiger charge is -2.15. The van der Waals surface area contributed by atoms with Crippen molar-refractivity contribution in [3.63, 3.8) is 0 Å². The van der Waals surface area contributed by atoms with E-state index in [1.165, 1.54) is 12.3 Å². The van der Waals surface area contributed by atoms with Crippen molar-refractivity contribution >= 4 is 93.2 Å². The lowest BCUT2D eigenvalue weighted by atomic mass is 10.3. The Hall–Kier alpha value is -3.38. The van der Waals surface area contributed by atoms with Gasteiger partial charge in [0.05, 0.1) is 10.8 Å². The smallest absolute Gasteiger partial charge is 0.324 e. The molecule has 0 aliphatic heterocycles. The highest BCUT2D eigenvalue weighted by Gasteiger charge is 2.19. The molecule has 6 aromatic rings. The lowest BCUT2D eigenvalue weighted by Crippen LogP contribution is -2.22. The van der Waals surface area contributed by atoms with E-state index >= 15 is 0 Å². The quantitative estimate of drug-likeness (QED) is 0.0359. The van der Waals surface area contributed by atoms with Crippen LogP contribution in [0.1, 0.15) is 0 Å². The highest BCUT2D eigenvalue weighted by atomic mass is 127. The van der Waals surface area contributed by atoms with E-state index in [2.05, 4.69) is 115 Å². The van der Waals surface area contributed by atoms with Gasteiger partial charge < -0.3 is 19.3 Å². The van der Waals surface area contributed by atoms with Gasteiger partial charge in [-0.05, 0) is 75.5 Å². The summed E-state index contributed by atoms with van der Waals surface area (Å²) in [6, 6.07) is 7.44. The van der Waals surface area contributed by atoms with Gasteiger partial charge in [0, 0.05) is 60.1 Å². The number of hydrogen-bond acceptors (Lipinski definition) is 12. The molecular weight excluding hydrogens is 1050 g/mol. The summed E-state index contributed by atoms with van der Waals surface area (Å²) in [5.74, 6) is -4.21. The summed E-state index contributed by atoms with van der Waals surface area (Å²) in [5, 5.41) is 20.3. The minimum absolute atomic E-state index is 0.0485. The van der Waals surface area contributed by atoms with Gasteiger partial charge in [0.25, 0.3) is 0 Å². The highest BCUT2D eigenvalue weighted by molar-refractivity contribution is 14.1. The van der Waals surface area contributed by atoms with Crippen LogP contribution in [0.25, 0.3) is 22.1 Å². The van der Waals surface area contributed by atoms with Gasteiger partial charge in [-0.3, -0.25) is 0 Å². The summed E-state index contributed by atoms with van der Waals surface area (Å²) in [6.07, 6.45) is 4.14. The number of aromatic nitrogens is 8. The third kappa shape index (κ3) is 14.4. The van der Waals surface area contributed by atoms with E-state index < -0.39 is 55.0 Å². The van der Waals surface area contributed by atoms with Crippen LogP contribution in [0.2, 0.25) is 51.4 Å². The van der Waals surface area contributed by atoms with Crippen LogP contribution in [0.4, 0.5) is 17.6 Å². The summed E-state index contributed by atoms with van der Waals surface area (Å²) in [7, 11) is -5.76. The van der Waals surface area contributed by atoms with E-state index in [9.17, 15) is 31.1 Å². The fraction of sp³-hybridized carbons (Fsp3) is 0.371. The zero-order valence-corrected chi connectivity index (χ0v) is 39.7. The van der Waals surface area contributed by atoms with Crippen LogP contribution in [0.15, 0.2) is 53.9 Å². The molecule has 0 spiro atoms. The van der Waals surface area contributed by atoms with E-state index in [0.717, 1.165) is 60.8 Å². The number of fused-ring (bicyclic) bond motifs is 2. The van der Waals surface area contributed by atoms with E-state index in [0.29, 0.717) is 30.6 Å². The second kappa shape index (κ2) is 20.3. The van der Waals surface area contributed by atoms with Crippen molar-refractivity contribution in [3.05, 3.63) is 79.5 Å². The molecule has 0 aliphatic rings. The largest absolute Gasteiger partial charge is 0.870 e. The van der Waals surface area contributed by atoms with Crippen LogP contribution >= 0.6 is 45.2 Å². The molecule has 0 aliphatic carbocycles. The molecule has 0 unspecified atom stereocenters. The summed E-state index contributed by atoms with van der Waals surface area (Å²) in [6.45, 7) is 15.5. The molecule has 4 heterocycles. The Morgan fingerprint density at radius 2 is 1.21 bits per heavy atom. The Kier molecular flexibility index (Phi) is 16.5. The summed E-state index contributed by atoms with van der Waals surface area (Å²) in [5.41, 5.74) is 1.01. The molecule has 23 heteroatoms. The third-order valence-corrected chi connectivity index (χ3v) is 13.4. The van der Waals surface area contributed by atoms with Crippen LogP contribution < -0.4 is 9.84 Å². The van der Waals surface area contributed by atoms with Gasteiger partial charge in [0.1, 0.15) is 38.3 Å². The predicted molar refractivity (Wildman–Crippen MR) is 230 cm³/mol. The Morgan fingerprint density at radius 1 is 0.724 bits per heavy atom. The number of sulfone groups is 1. The summed E-state index contributed by atoms with van der Waals surface area (Å²) >= 11 is 4.17. The molecule has 314 valence electrons. The van der Waals surface area contributed by atoms with Gasteiger partial charge in [0.15, 0.2) is 22.9 Å². The Balaban J connectivity index is 0.000000214. The molecule has 0 bridgehead atoms. The Labute approximate surface area is 362 Å². The first kappa shape index (κ1) is 47.3. The minimum Gasteiger partial charge on any atom is -0.870 e. The maximum atomic E-state index is 13.8. The van der Waals surface area contributed by atoms with Gasteiger partial charge in [-0.25, -0.2) is 45.3 Å². The summed E-state index contributed by atoms with van der Waals surface area (Å²) < 4.78 is 95.4. The number of halogens is 6. The van der Waals surface area contributed by atoms with Crippen molar-refractivity contribution < 1.29 is 45.3 Å². The maximum Gasteiger partial charge on any atom is 0.324 e. The topological polar surface area (TPSA) is 172 Å². The minimum atomic E-state index is -3.45. The van der Waals surface area contributed by atoms with Crippen molar-refractivity contribution in [1.82, 2.24) is 39.5 Å². The van der Waals surface area contributed by atoms with Gasteiger partial charge in [-0.1, -0.05) is 51.1 Å². The predicted octanol–water partition coefficient (Wildman–Crippen LogP) is 8.00. The number of benzene rings is 2. The van der Waals surface area contributed by atoms with Crippen LogP contribution in [0.3, 0.4) is 0 Å². The van der Waals surface area contributed by atoms with E-state index in [4.69, 9.17) is 14.2 Å². The van der Waals surface area contributed by atoms with Crippen molar-refractivity contribution in [2.75, 3.05) is 19.5 Å². The van der Waals surface area contributed by atoms with Crippen molar-refractivity contribution in [1.29, 1.82) is 0 Å². The van der Waals surface area contributed by atoms with Gasteiger partial charge >= 0.3 is 6.01 Å². The van der Waals surface area contributed by atoms with Gasteiger partial charge in [0.2, 0.25) is 15.0 Å². The molecule has 4 aromatic heterocycles. The van der Waals surface area contributed by atoms with Crippen molar-refractivity contribution in [3.8, 4) is 17.5 Å². The Morgan fingerprint density at radius 3 is 1.67 bits per heavy atom. The fourth-order valence-electron chi connectivity index (χ4n) is 4.41. The van der Waals surface area contributed by atoms with Crippen LogP contribution in [-0.4, -0.2) is 83.5 Å². The van der Waals surface area contributed by atoms with Gasteiger partial charge in [-0.2, -0.15) is 20.2 Å². The third-order valence-electron chi connectivity index (χ3n) is 7.58. The Bertz CT molecular complexity index is 2470. The number of hydrogen-bond donors (Lipinski definition) is 0. The van der Waals surface area contributed by atoms with Crippen LogP contribution in [0.5, 0.6) is 17.5 Å². The molecule has 0 atom stereocenters. The van der Waals surface area contributed by atoms with Crippen molar-refractivity contribution in [2.45, 2.75) is 70.0 Å². The van der Waals surface area contributed by atoms with Crippen LogP contribution in [-0.2, 0) is 32.8 Å². The SMILES string of the molecule is C[Si](C)(C)CCOCn1nc(I)c2cnc(Oc3ccc(F)cc3F)nc21.C[Si](C)(C)CCOCn1nc(I)c2cnc(S(C)(=O)=O)nc21.[O-]c1ccc(F)cc1F. The van der Waals surface area contributed by atoms with Crippen molar-refractivity contribution in [2.24, 2.45) is 0 Å². The lowest BCUT2D eigenvalue weighted by molar-refractivity contribution is -0.272. The molecule has 0 saturated heterocycles. The standard InChI is InChI=1S/C17H19F2IN4O2Si.C12H19IN4O3SSi.C6H4F2O/c1-27(2,3)7-6-25-10-24-16-12(15(20)23-24)9-21-17(22-16)26-14-5-4-11(18)8-13(14)19;1-21(18,19)12-14-7-9-10(13)16-17(11(9)15-12)8-20-5-6-22(2,3)4;7-4-1-2-6(9)5(8)3-4/h4-5,8-9H,6-7,10H2,1-3H3;7H,5-6,8H2,1-4H3;1-3,9H/p-1. The van der Waals surface area contributed by atoms with Gasteiger partial charge in [-0.15, -0.1) is 0 Å². The first-order valence-electron chi connectivity index (χ1n) is 17.4. The summed E-state index contributed by atoms with van der Waals surface area (Å²) in [4.78, 5) is 16.4. The zero-order chi connectivity index (χ0) is 43.0. The molecule has 0 amide bonds. The normalized spacial score (nSPS) is 11.9. The maximum absolute atomic E-state index is 13.8. The first-order chi connectivity index (χ1) is 27.0. The molecule has 58 heavy (non-hydrogen) atoms. The monoisotopic (exact) mass is 1090 g/mol. The average molecular weight is 1090 g/mol. The van der Waals surface area contributed by atoms with Crippen LogP contribution in [0, 0.1) is 30.7 Å². The molecule has 6 rings (SSSR count). The fourth-order valence-corrected chi connectivity index (χ4v) is 7.70. The second-order valence-electron chi connectivity index (χ2n) is 15.1. The second-order valence-corrected chi connectivity index (χ2v) is 30.3. The van der Waals surface area contributed by atoms with E-state index in [1.807, 2.05) is 0 Å². The average Bonchev–Trinajstić information content (AvgIpc) is 3.61. The molecule has 0 saturated carbocycles. The molecule has 0 radical (unpaired) electrons. The first-order valence-corrected chi connectivity index (χ1v) is 28.9. The molecule has 14 nitrogen and oxygen atoms in total. The molecule has 0 fully saturated rings. The van der Waals surface area contributed by atoms with E-state index in [-0.39, 0.29) is 30.4 Å². The molecular formula is C35H41F4I2N8O6SSi2-. The zero-order valence-electron chi connectivity index (χ0n) is 32.6. The number of ether oxygens (including phenoxy) is 3. The molecule has 2 aromatic carbocycles. The number of rotatable bonds is 13. The number of nitrogens with zero attached hydrogens (tertiary/aromatic N) is 8.